The number of carbonyl (C=O) groups excluding carboxylic acids is 1. The largest absolute Gasteiger partial charge is 0.333 e. The predicted molar refractivity (Wildman–Crippen MR) is 90.1 cm³/mol. The average molecular weight is 319 g/mol. The normalized spacial score (nSPS) is 22.2. The van der Waals surface area contributed by atoms with E-state index in [0.717, 1.165) is 31.9 Å². The minimum Gasteiger partial charge on any atom is -0.333 e. The van der Waals surface area contributed by atoms with Crippen LogP contribution in [0.25, 0.3) is 0 Å². The van der Waals surface area contributed by atoms with Crippen LogP contribution in [0, 0.1) is 5.92 Å². The molecule has 2 saturated heterocycles. The third kappa shape index (κ3) is 4.05. The van der Waals surface area contributed by atoms with Gasteiger partial charge in [-0.3, -0.25) is 4.90 Å². The number of likely N-dealkylation sites (tertiary alicyclic amines) is 2. The summed E-state index contributed by atoms with van der Waals surface area (Å²) in [6.07, 6.45) is 7.52. The number of nitrogens with zero attached hydrogens (tertiary/aromatic N) is 4. The Balaban J connectivity index is 1.47. The Labute approximate surface area is 138 Å². The Kier molecular flexibility index (Phi) is 5.20. The van der Waals surface area contributed by atoms with E-state index in [2.05, 4.69) is 33.6 Å². The number of rotatable bonds is 5. The highest BCUT2D eigenvalue weighted by atomic mass is 16.2. The van der Waals surface area contributed by atoms with E-state index in [1.54, 1.807) is 0 Å². The van der Waals surface area contributed by atoms with Gasteiger partial charge in [-0.1, -0.05) is 13.8 Å². The summed E-state index contributed by atoms with van der Waals surface area (Å²) in [6.45, 7) is 9.95. The number of hydrogen-bond donors (Lipinski definition) is 1. The van der Waals surface area contributed by atoms with Gasteiger partial charge in [-0.25, -0.2) is 9.78 Å². The van der Waals surface area contributed by atoms with Gasteiger partial charge in [0.15, 0.2) is 0 Å². The van der Waals surface area contributed by atoms with Crippen LogP contribution in [0.4, 0.5) is 4.79 Å². The summed E-state index contributed by atoms with van der Waals surface area (Å²) in [4.78, 5) is 21.3. The SMILES string of the molecule is CC(C)Cn1ccnc1CNC(=O)N1CC[C@@H](N2CCCC2)C1. The maximum atomic E-state index is 12.4. The fourth-order valence-electron chi connectivity index (χ4n) is 3.66. The van der Waals surface area contributed by atoms with Crippen molar-refractivity contribution in [1.29, 1.82) is 0 Å². The molecule has 0 radical (unpaired) electrons. The molecule has 0 saturated carbocycles. The van der Waals surface area contributed by atoms with Crippen LogP contribution in [0.1, 0.15) is 38.9 Å². The maximum absolute atomic E-state index is 12.4. The standard InChI is InChI=1S/C17H29N5O/c1-14(2)12-21-10-6-18-16(21)11-19-17(23)22-9-5-15(13-22)20-7-3-4-8-20/h6,10,14-15H,3-5,7-9,11-13H2,1-2H3,(H,19,23)/t15-/m1/s1. The van der Waals surface area contributed by atoms with Crippen molar-refractivity contribution in [2.75, 3.05) is 26.2 Å². The number of urea groups is 1. The van der Waals surface area contributed by atoms with Gasteiger partial charge in [0.1, 0.15) is 5.82 Å². The molecule has 3 heterocycles. The highest BCUT2D eigenvalue weighted by Gasteiger charge is 2.31. The van der Waals surface area contributed by atoms with Crippen molar-refractivity contribution in [3.8, 4) is 0 Å². The number of hydrogen-bond acceptors (Lipinski definition) is 3. The Morgan fingerprint density at radius 2 is 2.13 bits per heavy atom. The molecule has 0 spiro atoms. The molecule has 23 heavy (non-hydrogen) atoms. The molecule has 6 nitrogen and oxygen atoms in total. The van der Waals surface area contributed by atoms with Crippen molar-refractivity contribution >= 4 is 6.03 Å². The summed E-state index contributed by atoms with van der Waals surface area (Å²) in [5, 5.41) is 3.04. The van der Waals surface area contributed by atoms with Gasteiger partial charge in [-0.2, -0.15) is 0 Å². The quantitative estimate of drug-likeness (QED) is 0.902. The molecule has 3 rings (SSSR count). The second kappa shape index (κ2) is 7.34. The zero-order valence-electron chi connectivity index (χ0n) is 14.4. The molecule has 2 fully saturated rings. The molecule has 0 bridgehead atoms. The molecule has 128 valence electrons. The highest BCUT2D eigenvalue weighted by molar-refractivity contribution is 5.74. The minimum atomic E-state index is 0.0470. The second-order valence-electron chi connectivity index (χ2n) is 7.18. The summed E-state index contributed by atoms with van der Waals surface area (Å²) < 4.78 is 2.13. The monoisotopic (exact) mass is 319 g/mol. The zero-order chi connectivity index (χ0) is 16.2. The van der Waals surface area contributed by atoms with E-state index < -0.39 is 0 Å². The van der Waals surface area contributed by atoms with Crippen LogP contribution in [-0.2, 0) is 13.1 Å². The van der Waals surface area contributed by atoms with Crippen molar-refractivity contribution in [2.45, 2.75) is 52.2 Å². The first kappa shape index (κ1) is 16.3. The number of nitrogens with one attached hydrogen (secondary N) is 1. The van der Waals surface area contributed by atoms with E-state index in [1.807, 2.05) is 17.3 Å². The first-order chi connectivity index (χ1) is 11.1. The van der Waals surface area contributed by atoms with Gasteiger partial charge in [-0.05, 0) is 38.3 Å². The van der Waals surface area contributed by atoms with Crippen LogP contribution < -0.4 is 5.32 Å². The van der Waals surface area contributed by atoms with Crippen LogP contribution in [0.2, 0.25) is 0 Å². The van der Waals surface area contributed by atoms with Gasteiger partial charge in [0.25, 0.3) is 0 Å². The molecule has 0 unspecified atom stereocenters. The van der Waals surface area contributed by atoms with E-state index >= 15 is 0 Å². The lowest BCUT2D eigenvalue weighted by atomic mass is 10.2. The van der Waals surface area contributed by atoms with Crippen molar-refractivity contribution in [3.63, 3.8) is 0 Å². The van der Waals surface area contributed by atoms with Gasteiger partial charge in [0, 0.05) is 38.1 Å². The van der Waals surface area contributed by atoms with Gasteiger partial charge in [-0.15, -0.1) is 0 Å². The van der Waals surface area contributed by atoms with Crippen LogP contribution in [-0.4, -0.2) is 57.6 Å². The van der Waals surface area contributed by atoms with Gasteiger partial charge in [0.05, 0.1) is 6.54 Å². The predicted octanol–water partition coefficient (Wildman–Crippen LogP) is 1.92. The first-order valence-corrected chi connectivity index (χ1v) is 8.90. The molecule has 1 aromatic heterocycles. The zero-order valence-corrected chi connectivity index (χ0v) is 14.4. The van der Waals surface area contributed by atoms with Crippen molar-refractivity contribution in [1.82, 2.24) is 24.7 Å². The Morgan fingerprint density at radius 3 is 2.87 bits per heavy atom. The van der Waals surface area contributed by atoms with E-state index in [9.17, 15) is 4.79 Å². The Bertz CT molecular complexity index is 521. The molecule has 0 aromatic carbocycles. The van der Waals surface area contributed by atoms with E-state index in [-0.39, 0.29) is 6.03 Å². The second-order valence-corrected chi connectivity index (χ2v) is 7.18. The van der Waals surface area contributed by atoms with Crippen molar-refractivity contribution in [2.24, 2.45) is 5.92 Å². The molecule has 1 N–H and O–H groups in total. The number of carbonyl (C=O) groups is 1. The first-order valence-electron chi connectivity index (χ1n) is 8.90. The molecule has 2 aliphatic heterocycles. The molecule has 1 aromatic rings. The van der Waals surface area contributed by atoms with Gasteiger partial charge in [0.2, 0.25) is 0 Å². The lowest BCUT2D eigenvalue weighted by Gasteiger charge is -2.23. The molecule has 6 heteroatoms. The number of imidazole rings is 1. The van der Waals surface area contributed by atoms with E-state index in [4.69, 9.17) is 0 Å². The molecule has 0 aliphatic carbocycles. The summed E-state index contributed by atoms with van der Waals surface area (Å²) in [7, 11) is 0. The van der Waals surface area contributed by atoms with Gasteiger partial charge >= 0.3 is 6.03 Å². The third-order valence-corrected chi connectivity index (χ3v) is 4.87. The number of aromatic nitrogens is 2. The summed E-state index contributed by atoms with van der Waals surface area (Å²) >= 11 is 0. The minimum absolute atomic E-state index is 0.0470. The molecule has 2 amide bonds. The van der Waals surface area contributed by atoms with E-state index in [1.165, 1.54) is 25.9 Å². The fourth-order valence-corrected chi connectivity index (χ4v) is 3.66. The fraction of sp³-hybridized carbons (Fsp3) is 0.765. The smallest absolute Gasteiger partial charge is 0.317 e. The van der Waals surface area contributed by atoms with Crippen molar-refractivity contribution in [3.05, 3.63) is 18.2 Å². The maximum Gasteiger partial charge on any atom is 0.317 e. The van der Waals surface area contributed by atoms with Crippen LogP contribution in [0.3, 0.4) is 0 Å². The average Bonchev–Trinajstić information content (AvgIpc) is 3.25. The summed E-state index contributed by atoms with van der Waals surface area (Å²) in [5.41, 5.74) is 0. The molecule has 1 atom stereocenters. The number of amides is 2. The lowest BCUT2D eigenvalue weighted by molar-refractivity contribution is 0.198. The highest BCUT2D eigenvalue weighted by Crippen LogP contribution is 2.20. The third-order valence-electron chi connectivity index (χ3n) is 4.87. The van der Waals surface area contributed by atoms with E-state index in [0.29, 0.717) is 18.5 Å². The lowest BCUT2D eigenvalue weighted by Crippen LogP contribution is -2.41. The summed E-state index contributed by atoms with van der Waals surface area (Å²) in [5.74, 6) is 1.50. The van der Waals surface area contributed by atoms with Crippen molar-refractivity contribution < 1.29 is 4.79 Å². The Morgan fingerprint density at radius 1 is 1.35 bits per heavy atom. The molecular formula is C17H29N5O. The van der Waals surface area contributed by atoms with Gasteiger partial charge < -0.3 is 14.8 Å². The van der Waals surface area contributed by atoms with Crippen LogP contribution in [0.5, 0.6) is 0 Å². The van der Waals surface area contributed by atoms with Crippen LogP contribution >= 0.6 is 0 Å². The Hall–Kier alpha value is -1.56. The molecule has 2 aliphatic rings. The summed E-state index contributed by atoms with van der Waals surface area (Å²) in [6, 6.07) is 0.608. The topological polar surface area (TPSA) is 53.4 Å². The van der Waals surface area contributed by atoms with Crippen LogP contribution in [0.15, 0.2) is 12.4 Å². The molecular weight excluding hydrogens is 290 g/mol.